The predicted octanol–water partition coefficient (Wildman–Crippen LogP) is 2.72. The zero-order valence-electron chi connectivity index (χ0n) is 10.8. The van der Waals surface area contributed by atoms with Crippen molar-refractivity contribution >= 4 is 11.8 Å². The van der Waals surface area contributed by atoms with Crippen molar-refractivity contribution in [2.24, 2.45) is 5.92 Å². The molecule has 0 aliphatic rings. The highest BCUT2D eigenvalue weighted by molar-refractivity contribution is 5.84. The molecular formula is C15H18O3. The molecule has 0 aromatic heterocycles. The molecule has 96 valence electrons. The minimum Gasteiger partial charge on any atom is -0.469 e. The number of methoxy groups -OCH3 is 1. The number of hydrogen-bond acceptors (Lipinski definition) is 3. The van der Waals surface area contributed by atoms with Gasteiger partial charge in [-0.2, -0.15) is 0 Å². The maximum absolute atomic E-state index is 11.7. The molecule has 1 rings (SSSR count). The minimum absolute atomic E-state index is 0.0332. The quantitative estimate of drug-likeness (QED) is 0.572. The molecule has 1 aromatic rings. The van der Waals surface area contributed by atoms with Crippen LogP contribution in [0.15, 0.2) is 43.0 Å². The van der Waals surface area contributed by atoms with Gasteiger partial charge in [0.2, 0.25) is 0 Å². The summed E-state index contributed by atoms with van der Waals surface area (Å²) in [6.07, 6.45) is 1.79. The fourth-order valence-electron chi connectivity index (χ4n) is 1.99. The summed E-state index contributed by atoms with van der Waals surface area (Å²) in [6.45, 7) is 5.26. The van der Waals surface area contributed by atoms with Crippen LogP contribution in [0.5, 0.6) is 0 Å². The van der Waals surface area contributed by atoms with E-state index in [2.05, 4.69) is 11.3 Å². The van der Waals surface area contributed by atoms with E-state index >= 15 is 0 Å². The van der Waals surface area contributed by atoms with Crippen molar-refractivity contribution in [1.82, 2.24) is 0 Å². The third kappa shape index (κ3) is 3.55. The smallest absolute Gasteiger partial charge is 0.306 e. The van der Waals surface area contributed by atoms with Crippen LogP contribution in [0.4, 0.5) is 0 Å². The molecule has 0 amide bonds. The van der Waals surface area contributed by atoms with E-state index in [1.165, 1.54) is 14.0 Å². The second-order valence-corrected chi connectivity index (χ2v) is 4.17. The Balaban J connectivity index is 2.98. The average Bonchev–Trinajstić information content (AvgIpc) is 2.39. The summed E-state index contributed by atoms with van der Waals surface area (Å²) < 4.78 is 4.64. The van der Waals surface area contributed by atoms with Gasteiger partial charge in [-0.05, 0) is 12.5 Å². The van der Waals surface area contributed by atoms with E-state index in [0.717, 1.165) is 5.56 Å². The van der Waals surface area contributed by atoms with Crippen molar-refractivity contribution in [2.45, 2.75) is 19.3 Å². The lowest BCUT2D eigenvalue weighted by molar-refractivity contribution is -0.143. The van der Waals surface area contributed by atoms with Crippen LogP contribution in [0.1, 0.15) is 24.8 Å². The van der Waals surface area contributed by atoms with Gasteiger partial charge in [0, 0.05) is 11.8 Å². The van der Waals surface area contributed by atoms with E-state index in [1.807, 2.05) is 30.3 Å². The molecule has 3 nitrogen and oxygen atoms in total. The van der Waals surface area contributed by atoms with Crippen molar-refractivity contribution in [2.75, 3.05) is 7.11 Å². The monoisotopic (exact) mass is 246 g/mol. The molecule has 0 aliphatic carbocycles. The first-order valence-corrected chi connectivity index (χ1v) is 5.85. The van der Waals surface area contributed by atoms with Crippen LogP contribution >= 0.6 is 0 Å². The highest BCUT2D eigenvalue weighted by Gasteiger charge is 2.27. The summed E-state index contributed by atoms with van der Waals surface area (Å²) in [5.41, 5.74) is 0.983. The van der Waals surface area contributed by atoms with Crippen molar-refractivity contribution in [3.8, 4) is 0 Å². The molecule has 0 radical (unpaired) electrons. The Labute approximate surface area is 107 Å². The van der Waals surface area contributed by atoms with Gasteiger partial charge >= 0.3 is 5.97 Å². The van der Waals surface area contributed by atoms with Crippen LogP contribution in [-0.2, 0) is 14.3 Å². The molecule has 18 heavy (non-hydrogen) atoms. The first-order valence-electron chi connectivity index (χ1n) is 5.85. The fraction of sp³-hybridized carbons (Fsp3) is 0.333. The zero-order chi connectivity index (χ0) is 13.5. The first kappa shape index (κ1) is 14.2. The Morgan fingerprint density at radius 2 is 1.94 bits per heavy atom. The Morgan fingerprint density at radius 3 is 2.39 bits per heavy atom. The lowest BCUT2D eigenvalue weighted by Gasteiger charge is -2.21. The highest BCUT2D eigenvalue weighted by atomic mass is 16.5. The van der Waals surface area contributed by atoms with E-state index in [1.54, 1.807) is 6.08 Å². The van der Waals surface area contributed by atoms with E-state index in [9.17, 15) is 9.59 Å². The number of hydrogen-bond donors (Lipinski definition) is 0. The van der Waals surface area contributed by atoms with Gasteiger partial charge in [-0.3, -0.25) is 9.59 Å². The average molecular weight is 246 g/mol. The van der Waals surface area contributed by atoms with E-state index in [-0.39, 0.29) is 24.1 Å². The van der Waals surface area contributed by atoms with Crippen molar-refractivity contribution in [1.29, 1.82) is 0 Å². The summed E-state index contributed by atoms with van der Waals surface area (Å²) in [5, 5.41) is 0. The Bertz CT molecular complexity index is 423. The molecule has 0 bridgehead atoms. The summed E-state index contributed by atoms with van der Waals surface area (Å²) in [4.78, 5) is 23.1. The lowest BCUT2D eigenvalue weighted by atomic mass is 9.81. The number of benzene rings is 1. The van der Waals surface area contributed by atoms with Crippen LogP contribution in [0, 0.1) is 5.92 Å². The minimum atomic E-state index is -0.419. The predicted molar refractivity (Wildman–Crippen MR) is 70.2 cm³/mol. The number of carbonyl (C=O) groups is 2. The van der Waals surface area contributed by atoms with Gasteiger partial charge in [0.25, 0.3) is 0 Å². The van der Waals surface area contributed by atoms with Crippen LogP contribution in [-0.4, -0.2) is 18.9 Å². The molecule has 3 heteroatoms. The lowest BCUT2D eigenvalue weighted by Crippen LogP contribution is -2.23. The van der Waals surface area contributed by atoms with Gasteiger partial charge in [-0.1, -0.05) is 36.4 Å². The molecule has 2 atom stereocenters. The number of Topliss-reactive ketones (excluding diaryl/α,β-unsaturated/α-hetero) is 1. The SMILES string of the molecule is C=CC(c1ccccc1)C(CC(=O)OC)C(C)=O. The number of rotatable bonds is 6. The second kappa shape index (κ2) is 6.74. The summed E-state index contributed by atoms with van der Waals surface area (Å²) in [7, 11) is 1.32. The third-order valence-corrected chi connectivity index (χ3v) is 3.01. The largest absolute Gasteiger partial charge is 0.469 e. The molecule has 2 unspecified atom stereocenters. The van der Waals surface area contributed by atoms with Crippen molar-refractivity contribution < 1.29 is 14.3 Å². The van der Waals surface area contributed by atoms with Gasteiger partial charge < -0.3 is 4.74 Å². The third-order valence-electron chi connectivity index (χ3n) is 3.01. The number of esters is 1. The van der Waals surface area contributed by atoms with Crippen molar-refractivity contribution in [3.63, 3.8) is 0 Å². The van der Waals surface area contributed by atoms with Gasteiger partial charge in [-0.15, -0.1) is 6.58 Å². The molecule has 0 fully saturated rings. The molecule has 1 aromatic carbocycles. The van der Waals surface area contributed by atoms with E-state index < -0.39 is 5.92 Å². The molecule has 0 heterocycles. The normalized spacial score (nSPS) is 13.4. The maximum atomic E-state index is 11.7. The number of carbonyl (C=O) groups excluding carboxylic acids is 2. The van der Waals surface area contributed by atoms with Gasteiger partial charge in [0.15, 0.2) is 0 Å². The molecule has 0 spiro atoms. The van der Waals surface area contributed by atoms with Gasteiger partial charge in [0.05, 0.1) is 13.5 Å². The molecule has 0 aliphatic heterocycles. The number of allylic oxidation sites excluding steroid dienone is 1. The molecule has 0 saturated heterocycles. The number of ether oxygens (including phenoxy) is 1. The fourth-order valence-corrected chi connectivity index (χ4v) is 1.99. The van der Waals surface area contributed by atoms with E-state index in [0.29, 0.717) is 0 Å². The van der Waals surface area contributed by atoms with Crippen LogP contribution < -0.4 is 0 Å². The maximum Gasteiger partial charge on any atom is 0.306 e. The standard InChI is InChI=1S/C15H18O3/c1-4-13(12-8-6-5-7-9-12)14(11(2)16)10-15(17)18-3/h4-9,13-14H,1,10H2,2-3H3. The molecular weight excluding hydrogens is 228 g/mol. The summed E-state index contributed by atoms with van der Waals surface area (Å²) >= 11 is 0. The van der Waals surface area contributed by atoms with E-state index in [4.69, 9.17) is 0 Å². The van der Waals surface area contributed by atoms with Gasteiger partial charge in [-0.25, -0.2) is 0 Å². The molecule has 0 saturated carbocycles. The van der Waals surface area contributed by atoms with Crippen LogP contribution in [0.2, 0.25) is 0 Å². The van der Waals surface area contributed by atoms with Gasteiger partial charge in [0.1, 0.15) is 5.78 Å². The van der Waals surface area contributed by atoms with Crippen molar-refractivity contribution in [3.05, 3.63) is 48.6 Å². The zero-order valence-corrected chi connectivity index (χ0v) is 10.8. The topological polar surface area (TPSA) is 43.4 Å². The highest BCUT2D eigenvalue weighted by Crippen LogP contribution is 2.29. The second-order valence-electron chi connectivity index (χ2n) is 4.17. The Morgan fingerprint density at radius 1 is 1.33 bits per heavy atom. The summed E-state index contributed by atoms with van der Waals surface area (Å²) in [6, 6.07) is 9.58. The first-order chi connectivity index (χ1) is 8.60. The van der Waals surface area contributed by atoms with Crippen LogP contribution in [0.3, 0.4) is 0 Å². The number of ketones is 1. The molecule has 0 N–H and O–H groups in total. The Kier molecular flexibility index (Phi) is 5.31. The van der Waals surface area contributed by atoms with Crippen LogP contribution in [0.25, 0.3) is 0 Å². The summed E-state index contributed by atoms with van der Waals surface area (Å²) in [5.74, 6) is -0.993. The Hall–Kier alpha value is -1.90.